The molecule has 8 aromatic carbocycles. The number of benzene rings is 8. The zero-order valence-electron chi connectivity index (χ0n) is 30.2. The summed E-state index contributed by atoms with van der Waals surface area (Å²) in [7, 11) is 0. The minimum Gasteiger partial charge on any atom is -0.309 e. The second kappa shape index (κ2) is 13.3. The maximum Gasteiger partial charge on any atom is 0.164 e. The van der Waals surface area contributed by atoms with Crippen molar-refractivity contribution in [1.29, 1.82) is 0 Å². The molecule has 0 aliphatic carbocycles. The number of fused-ring (bicyclic) bond motifs is 6. The molecule has 0 saturated carbocycles. The van der Waals surface area contributed by atoms with E-state index in [1.807, 2.05) is 72.0 Å². The third kappa shape index (κ3) is 5.56. The highest BCUT2D eigenvalue weighted by atomic mass is 32.1. The number of para-hydroxylation sites is 2. The molecule has 0 aliphatic rings. The van der Waals surface area contributed by atoms with Crippen molar-refractivity contribution in [3.63, 3.8) is 0 Å². The molecule has 0 unspecified atom stereocenters. The molecule has 0 radical (unpaired) electrons. The molecule has 0 bridgehead atoms. The lowest BCUT2D eigenvalue weighted by molar-refractivity contribution is 1.07. The first-order chi connectivity index (χ1) is 27.7. The minimum atomic E-state index is 0.651. The van der Waals surface area contributed by atoms with Gasteiger partial charge in [0.1, 0.15) is 0 Å². The van der Waals surface area contributed by atoms with Crippen LogP contribution < -0.4 is 0 Å². The highest BCUT2D eigenvalue weighted by Crippen LogP contribution is 2.40. The smallest absolute Gasteiger partial charge is 0.164 e. The zero-order chi connectivity index (χ0) is 37.0. The van der Waals surface area contributed by atoms with Crippen LogP contribution in [0.4, 0.5) is 0 Å². The Hall–Kier alpha value is -7.21. The van der Waals surface area contributed by atoms with Crippen LogP contribution in [-0.4, -0.2) is 19.5 Å². The van der Waals surface area contributed by atoms with Crippen LogP contribution in [0.3, 0.4) is 0 Å². The highest BCUT2D eigenvalue weighted by molar-refractivity contribution is 7.25. The number of hydrogen-bond donors (Lipinski definition) is 0. The number of nitrogens with zero attached hydrogens (tertiary/aromatic N) is 4. The van der Waals surface area contributed by atoms with Crippen molar-refractivity contribution in [3.8, 4) is 62.1 Å². The summed E-state index contributed by atoms with van der Waals surface area (Å²) in [6.07, 6.45) is 0. The highest BCUT2D eigenvalue weighted by Gasteiger charge is 2.16. The number of thiophene rings is 1. The fraction of sp³-hybridized carbons (Fsp3) is 0. The Morgan fingerprint density at radius 3 is 1.55 bits per heavy atom. The zero-order valence-corrected chi connectivity index (χ0v) is 31.0. The average Bonchev–Trinajstić information content (AvgIpc) is 3.82. The molecule has 0 aliphatic heterocycles. The first-order valence-corrected chi connectivity index (χ1v) is 19.6. The Morgan fingerprint density at radius 1 is 0.304 bits per heavy atom. The molecule has 3 heterocycles. The average molecular weight is 733 g/mol. The summed E-state index contributed by atoms with van der Waals surface area (Å²) in [4.78, 5) is 14.8. The third-order valence-corrected chi connectivity index (χ3v) is 11.8. The summed E-state index contributed by atoms with van der Waals surface area (Å²) >= 11 is 1.84. The summed E-state index contributed by atoms with van der Waals surface area (Å²) in [6.45, 7) is 0. The predicted molar refractivity (Wildman–Crippen MR) is 234 cm³/mol. The third-order valence-electron chi connectivity index (χ3n) is 10.6. The van der Waals surface area contributed by atoms with E-state index >= 15 is 0 Å². The summed E-state index contributed by atoms with van der Waals surface area (Å²) in [5, 5.41) is 5.07. The summed E-state index contributed by atoms with van der Waals surface area (Å²) in [5.74, 6) is 1.97. The molecule has 262 valence electrons. The van der Waals surface area contributed by atoms with Gasteiger partial charge in [0, 0.05) is 53.3 Å². The standard InChI is InChI=1S/C51H32N4S/c1-4-13-33(14-5-1)49-52-50(34-15-6-2-7-16-34)54-51(53-49)39-18-12-17-35(29-39)38-23-26-42-44-31-37(25-28-47(44)56-48(42)32-38)36-24-27-46-43(30-36)41-21-10-11-22-45(41)55(46)40-19-8-3-9-20-40/h1-32H. The lowest BCUT2D eigenvalue weighted by atomic mass is 9.99. The Kier molecular flexibility index (Phi) is 7.64. The van der Waals surface area contributed by atoms with Gasteiger partial charge >= 0.3 is 0 Å². The molecule has 0 amide bonds. The van der Waals surface area contributed by atoms with Gasteiger partial charge in [0.2, 0.25) is 0 Å². The van der Waals surface area contributed by atoms with Gasteiger partial charge in [-0.25, -0.2) is 15.0 Å². The largest absolute Gasteiger partial charge is 0.309 e. The van der Waals surface area contributed by atoms with Gasteiger partial charge < -0.3 is 4.57 Å². The molecule has 0 N–H and O–H groups in total. The second-order valence-corrected chi connectivity index (χ2v) is 15.1. The Labute approximate surface area is 327 Å². The monoisotopic (exact) mass is 732 g/mol. The van der Waals surface area contributed by atoms with Crippen LogP contribution in [0.15, 0.2) is 194 Å². The number of aromatic nitrogens is 4. The molecule has 0 atom stereocenters. The number of hydrogen-bond acceptors (Lipinski definition) is 4. The molecule has 3 aromatic heterocycles. The SMILES string of the molecule is c1ccc(-c2nc(-c3ccccc3)nc(-c3cccc(-c4ccc5c(c4)sc4ccc(-c6ccc7c(c6)c6ccccc6n7-c6ccccc6)cc45)c3)n2)cc1. The lowest BCUT2D eigenvalue weighted by Gasteiger charge is -2.10. The van der Waals surface area contributed by atoms with Gasteiger partial charge in [0.05, 0.1) is 11.0 Å². The van der Waals surface area contributed by atoms with E-state index in [1.54, 1.807) is 0 Å². The maximum atomic E-state index is 4.97. The first kappa shape index (κ1) is 32.2. The van der Waals surface area contributed by atoms with E-state index in [4.69, 9.17) is 15.0 Å². The fourth-order valence-corrected chi connectivity index (χ4v) is 9.05. The predicted octanol–water partition coefficient (Wildman–Crippen LogP) is 13.7. The van der Waals surface area contributed by atoms with E-state index in [9.17, 15) is 0 Å². The second-order valence-electron chi connectivity index (χ2n) is 14.1. The van der Waals surface area contributed by atoms with Crippen LogP contribution in [0.5, 0.6) is 0 Å². The number of rotatable bonds is 6. The van der Waals surface area contributed by atoms with Crippen molar-refractivity contribution >= 4 is 53.3 Å². The Bertz CT molecular complexity index is 3180. The summed E-state index contributed by atoms with van der Waals surface area (Å²) in [6, 6.07) is 68.7. The van der Waals surface area contributed by atoms with Gasteiger partial charge in [-0.3, -0.25) is 0 Å². The van der Waals surface area contributed by atoms with Crippen molar-refractivity contribution in [2.45, 2.75) is 0 Å². The van der Waals surface area contributed by atoms with Crippen molar-refractivity contribution in [3.05, 3.63) is 194 Å². The molecular weight excluding hydrogens is 701 g/mol. The molecule has 56 heavy (non-hydrogen) atoms. The minimum absolute atomic E-state index is 0.651. The molecule has 11 aromatic rings. The fourth-order valence-electron chi connectivity index (χ4n) is 7.92. The molecule has 11 rings (SSSR count). The summed E-state index contributed by atoms with van der Waals surface area (Å²) in [5.41, 5.74) is 11.2. The van der Waals surface area contributed by atoms with E-state index in [1.165, 1.54) is 58.8 Å². The molecule has 4 nitrogen and oxygen atoms in total. The van der Waals surface area contributed by atoms with Gasteiger partial charge in [-0.1, -0.05) is 140 Å². The van der Waals surface area contributed by atoms with Crippen LogP contribution in [0.1, 0.15) is 0 Å². The quantitative estimate of drug-likeness (QED) is 0.171. The van der Waals surface area contributed by atoms with Crippen LogP contribution >= 0.6 is 11.3 Å². The molecule has 0 saturated heterocycles. The van der Waals surface area contributed by atoms with E-state index in [0.717, 1.165) is 27.8 Å². The lowest BCUT2D eigenvalue weighted by Crippen LogP contribution is -2.00. The van der Waals surface area contributed by atoms with Gasteiger partial charge in [-0.05, 0) is 76.9 Å². The summed E-state index contributed by atoms with van der Waals surface area (Å²) < 4.78 is 4.91. The Balaban J connectivity index is 0.966. The van der Waals surface area contributed by atoms with Crippen molar-refractivity contribution in [2.75, 3.05) is 0 Å². The first-order valence-electron chi connectivity index (χ1n) is 18.8. The van der Waals surface area contributed by atoms with Crippen molar-refractivity contribution < 1.29 is 0 Å². The molecule has 0 spiro atoms. The van der Waals surface area contributed by atoms with Gasteiger partial charge in [-0.15, -0.1) is 11.3 Å². The maximum absolute atomic E-state index is 4.97. The van der Waals surface area contributed by atoms with E-state index < -0.39 is 0 Å². The van der Waals surface area contributed by atoms with E-state index in [0.29, 0.717) is 17.5 Å². The molecule has 5 heteroatoms. The normalized spacial score (nSPS) is 11.6. The van der Waals surface area contributed by atoms with E-state index in [-0.39, 0.29) is 0 Å². The topological polar surface area (TPSA) is 43.6 Å². The van der Waals surface area contributed by atoms with Crippen LogP contribution in [0.2, 0.25) is 0 Å². The van der Waals surface area contributed by atoms with Crippen molar-refractivity contribution in [1.82, 2.24) is 19.5 Å². The van der Waals surface area contributed by atoms with Gasteiger partial charge in [-0.2, -0.15) is 0 Å². The van der Waals surface area contributed by atoms with Gasteiger partial charge in [0.25, 0.3) is 0 Å². The molecular formula is C51H32N4S. The van der Waals surface area contributed by atoms with Crippen LogP contribution in [0, 0.1) is 0 Å². The van der Waals surface area contributed by atoms with Gasteiger partial charge in [0.15, 0.2) is 17.5 Å². The van der Waals surface area contributed by atoms with E-state index in [2.05, 4.69) is 138 Å². The van der Waals surface area contributed by atoms with Crippen molar-refractivity contribution in [2.24, 2.45) is 0 Å². The van der Waals surface area contributed by atoms with Crippen LogP contribution in [-0.2, 0) is 0 Å². The molecule has 0 fully saturated rings. The van der Waals surface area contributed by atoms with Crippen LogP contribution in [0.25, 0.3) is 104 Å². The Morgan fingerprint density at radius 2 is 0.821 bits per heavy atom.